The van der Waals surface area contributed by atoms with Gasteiger partial charge in [-0.2, -0.15) is 8.42 Å². The van der Waals surface area contributed by atoms with Gasteiger partial charge in [0.15, 0.2) is 0 Å². The van der Waals surface area contributed by atoms with Crippen LogP contribution < -0.4 is 29.6 Å². The molecule has 0 spiro atoms. The van der Waals surface area contributed by atoms with Crippen LogP contribution >= 0.6 is 0 Å². The molecule has 0 aromatic rings. The van der Waals surface area contributed by atoms with Crippen molar-refractivity contribution in [2.45, 2.75) is 0 Å². The third-order valence-corrected chi connectivity index (χ3v) is 0. The van der Waals surface area contributed by atoms with Gasteiger partial charge in [0.2, 0.25) is 0 Å². The normalized spacial score (nSPS) is 8.29. The van der Waals surface area contributed by atoms with Crippen molar-refractivity contribution in [1.82, 2.24) is 0 Å². The molecule has 0 unspecified atom stereocenters. The van der Waals surface area contributed by atoms with Crippen LogP contribution in [0.3, 0.4) is 0 Å². The maximum atomic E-state index is 8.74. The van der Waals surface area contributed by atoms with Gasteiger partial charge in [-0.05, 0) is 0 Å². The minimum Gasteiger partial charge on any atom is -1.00 e. The fraction of sp³-hybridized carbons (Fsp3) is 0. The minimum absolute atomic E-state index is 0. The van der Waals surface area contributed by atoms with E-state index < -0.39 is 10.4 Å². The molecular formula is H3NaO4STi. The first-order chi connectivity index (χ1) is 2.00. The van der Waals surface area contributed by atoms with Crippen LogP contribution in [-0.2, 0) is 32.1 Å². The van der Waals surface area contributed by atoms with Gasteiger partial charge in [-0.25, -0.2) is 0 Å². The Morgan fingerprint density at radius 1 is 1.29 bits per heavy atom. The molecular weight excluding hydrogens is 167 g/mol. The molecule has 0 aromatic heterocycles. The van der Waals surface area contributed by atoms with Crippen molar-refractivity contribution in [3.8, 4) is 0 Å². The SMILES string of the molecule is O=S(=O)(O)O.[H-].[Na+].[Ti]. The molecule has 0 aliphatic carbocycles. The molecule has 7 heavy (non-hydrogen) atoms. The molecule has 38 valence electrons. The van der Waals surface area contributed by atoms with Gasteiger partial charge in [-0.15, -0.1) is 0 Å². The van der Waals surface area contributed by atoms with Gasteiger partial charge in [0.05, 0.1) is 0 Å². The smallest absolute Gasteiger partial charge is 1.00 e. The summed E-state index contributed by atoms with van der Waals surface area (Å²) in [5, 5.41) is 0. The third kappa shape index (κ3) is 94.2. The Morgan fingerprint density at radius 3 is 1.29 bits per heavy atom. The molecule has 0 fully saturated rings. The van der Waals surface area contributed by atoms with Gasteiger partial charge < -0.3 is 1.43 Å². The van der Waals surface area contributed by atoms with E-state index in [4.69, 9.17) is 17.5 Å². The van der Waals surface area contributed by atoms with Crippen molar-refractivity contribution < 1.29 is 70.2 Å². The Balaban J connectivity index is -0.0000000267. The second-order valence-corrected chi connectivity index (χ2v) is 1.34. The Bertz CT molecular complexity index is 99.2. The van der Waals surface area contributed by atoms with Gasteiger partial charge in [0, 0.05) is 21.7 Å². The van der Waals surface area contributed by atoms with E-state index >= 15 is 0 Å². The summed E-state index contributed by atoms with van der Waals surface area (Å²) in [5.41, 5.74) is 0. The van der Waals surface area contributed by atoms with Gasteiger partial charge in [-0.3, -0.25) is 9.11 Å². The topological polar surface area (TPSA) is 74.6 Å². The van der Waals surface area contributed by atoms with E-state index in [0.29, 0.717) is 0 Å². The molecule has 0 atom stereocenters. The van der Waals surface area contributed by atoms with E-state index in [0.717, 1.165) is 0 Å². The summed E-state index contributed by atoms with van der Waals surface area (Å²) in [4.78, 5) is 0. The van der Waals surface area contributed by atoms with Crippen molar-refractivity contribution in [3.63, 3.8) is 0 Å². The predicted molar refractivity (Wildman–Crippen MR) is 15.3 cm³/mol. The summed E-state index contributed by atoms with van der Waals surface area (Å²) in [6.07, 6.45) is 0. The van der Waals surface area contributed by atoms with Crippen molar-refractivity contribution in [1.29, 1.82) is 0 Å². The van der Waals surface area contributed by atoms with Crippen LogP contribution in [-0.4, -0.2) is 17.5 Å². The number of rotatable bonds is 0. The van der Waals surface area contributed by atoms with E-state index in [1.54, 1.807) is 0 Å². The first kappa shape index (κ1) is 15.8. The molecule has 0 bridgehead atoms. The summed E-state index contributed by atoms with van der Waals surface area (Å²) in [7, 11) is -4.67. The van der Waals surface area contributed by atoms with Crippen LogP contribution in [0.2, 0.25) is 0 Å². The molecule has 0 saturated carbocycles. The van der Waals surface area contributed by atoms with Crippen LogP contribution in [0.25, 0.3) is 0 Å². The Kier molecular flexibility index (Phi) is 12.9. The Hall–Kier alpha value is 1.58. The van der Waals surface area contributed by atoms with Crippen LogP contribution in [0.1, 0.15) is 1.43 Å². The van der Waals surface area contributed by atoms with Gasteiger partial charge >= 0.3 is 40.0 Å². The molecule has 0 saturated heterocycles. The molecule has 0 aromatic carbocycles. The van der Waals surface area contributed by atoms with Crippen LogP contribution in [0, 0.1) is 0 Å². The third-order valence-electron chi connectivity index (χ3n) is 0. The quantitative estimate of drug-likeness (QED) is 0.291. The summed E-state index contributed by atoms with van der Waals surface area (Å²) < 4.78 is 31.6. The molecule has 0 aliphatic heterocycles. The first-order valence-corrected chi connectivity index (χ1v) is 2.10. The summed E-state index contributed by atoms with van der Waals surface area (Å²) in [6.45, 7) is 0. The van der Waals surface area contributed by atoms with Gasteiger partial charge in [-0.1, -0.05) is 0 Å². The van der Waals surface area contributed by atoms with E-state index in [-0.39, 0.29) is 52.7 Å². The summed E-state index contributed by atoms with van der Waals surface area (Å²) in [6, 6.07) is 0. The molecule has 0 heterocycles. The predicted octanol–water partition coefficient (Wildman–Crippen LogP) is -3.54. The largest absolute Gasteiger partial charge is 1.00 e. The minimum atomic E-state index is -4.67. The fourth-order valence-corrected chi connectivity index (χ4v) is 0. The number of hydrogen-bond acceptors (Lipinski definition) is 2. The molecule has 0 radical (unpaired) electrons. The summed E-state index contributed by atoms with van der Waals surface area (Å²) >= 11 is 0. The van der Waals surface area contributed by atoms with Crippen molar-refractivity contribution >= 4 is 10.4 Å². The first-order valence-electron chi connectivity index (χ1n) is 0.698. The van der Waals surface area contributed by atoms with Crippen molar-refractivity contribution in [3.05, 3.63) is 0 Å². The van der Waals surface area contributed by atoms with Crippen LogP contribution in [0.5, 0.6) is 0 Å². The number of hydrogen-bond donors (Lipinski definition) is 2. The monoisotopic (exact) mass is 170 g/mol. The van der Waals surface area contributed by atoms with E-state index in [1.165, 1.54) is 0 Å². The standard InChI is InChI=1S/Na.H2O4S.Ti.H/c;1-5(2,3)4;;/h;(H2,1,2,3,4);;/q+1;;;-1. The molecule has 4 nitrogen and oxygen atoms in total. The zero-order chi connectivity index (χ0) is 4.50. The molecule has 0 amide bonds. The van der Waals surface area contributed by atoms with E-state index in [9.17, 15) is 0 Å². The zero-order valence-corrected chi connectivity index (χ0v) is 8.00. The van der Waals surface area contributed by atoms with Crippen LogP contribution in [0.15, 0.2) is 0 Å². The van der Waals surface area contributed by atoms with Crippen LogP contribution in [0.4, 0.5) is 0 Å². The van der Waals surface area contributed by atoms with Crippen molar-refractivity contribution in [2.24, 2.45) is 0 Å². The Labute approximate surface area is 79.9 Å². The molecule has 7 heteroatoms. The second-order valence-electron chi connectivity index (χ2n) is 0.448. The van der Waals surface area contributed by atoms with Gasteiger partial charge in [0.1, 0.15) is 0 Å². The van der Waals surface area contributed by atoms with Gasteiger partial charge in [0.25, 0.3) is 0 Å². The van der Waals surface area contributed by atoms with E-state index in [2.05, 4.69) is 0 Å². The fourth-order valence-electron chi connectivity index (χ4n) is 0. The van der Waals surface area contributed by atoms with E-state index in [1.807, 2.05) is 0 Å². The molecule has 0 rings (SSSR count). The average Bonchev–Trinajstić information content (AvgIpc) is 0.722. The second kappa shape index (κ2) is 5.72. The average molecular weight is 170 g/mol. The zero-order valence-electron chi connectivity index (χ0n) is 4.62. The molecule has 2 N–H and O–H groups in total. The van der Waals surface area contributed by atoms with Crippen molar-refractivity contribution in [2.75, 3.05) is 0 Å². The maximum Gasteiger partial charge on any atom is 1.00 e. The summed E-state index contributed by atoms with van der Waals surface area (Å²) in [5.74, 6) is 0. The molecule has 0 aliphatic rings. The Morgan fingerprint density at radius 2 is 1.29 bits per heavy atom. The maximum absolute atomic E-state index is 8.74.